The quantitative estimate of drug-likeness (QED) is 0.760. The van der Waals surface area contributed by atoms with Crippen molar-refractivity contribution in [2.75, 3.05) is 13.2 Å². The monoisotopic (exact) mass is 245 g/mol. The summed E-state index contributed by atoms with van der Waals surface area (Å²) >= 11 is 0. The summed E-state index contributed by atoms with van der Waals surface area (Å²) in [6.45, 7) is -2.51. The molecular formula is C11H13BF3O2-. The summed E-state index contributed by atoms with van der Waals surface area (Å²) in [5, 5.41) is 0. The molecular weight excluding hydrogens is 232 g/mol. The van der Waals surface area contributed by atoms with Gasteiger partial charge in [0, 0.05) is 6.42 Å². The summed E-state index contributed by atoms with van der Waals surface area (Å²) in [7, 11) is 0. The van der Waals surface area contributed by atoms with Crippen molar-refractivity contribution in [3.05, 3.63) is 23.8 Å². The maximum absolute atomic E-state index is 12.9. The Balaban J connectivity index is 2.25. The van der Waals surface area contributed by atoms with E-state index in [1.165, 1.54) is 6.07 Å². The van der Waals surface area contributed by atoms with Gasteiger partial charge in [0.15, 0.2) is 0 Å². The van der Waals surface area contributed by atoms with Crippen LogP contribution in [0.15, 0.2) is 18.2 Å². The van der Waals surface area contributed by atoms with Crippen LogP contribution in [0.3, 0.4) is 0 Å². The van der Waals surface area contributed by atoms with E-state index in [9.17, 15) is 12.9 Å². The highest BCUT2D eigenvalue weighted by atomic mass is 19.4. The molecule has 17 heavy (non-hydrogen) atoms. The van der Waals surface area contributed by atoms with Crippen LogP contribution in [-0.2, 0) is 4.74 Å². The molecule has 6 heteroatoms. The van der Waals surface area contributed by atoms with Crippen molar-refractivity contribution in [1.29, 1.82) is 0 Å². The number of benzene rings is 1. The van der Waals surface area contributed by atoms with Crippen molar-refractivity contribution in [1.82, 2.24) is 0 Å². The molecule has 1 unspecified atom stereocenters. The van der Waals surface area contributed by atoms with Crippen LogP contribution in [0.2, 0.25) is 0 Å². The number of hydrogen-bond acceptors (Lipinski definition) is 2. The van der Waals surface area contributed by atoms with Gasteiger partial charge < -0.3 is 22.4 Å². The largest absolute Gasteiger partial charge is 0.513 e. The Morgan fingerprint density at radius 3 is 2.71 bits per heavy atom. The molecule has 0 spiro atoms. The van der Waals surface area contributed by atoms with E-state index in [0.717, 1.165) is 6.07 Å². The summed E-state index contributed by atoms with van der Waals surface area (Å²) in [6.07, 6.45) is 0.368. The van der Waals surface area contributed by atoms with Crippen molar-refractivity contribution < 1.29 is 22.4 Å². The number of aryl methyl sites for hydroxylation is 1. The van der Waals surface area contributed by atoms with Crippen molar-refractivity contribution >= 4 is 12.4 Å². The average molecular weight is 245 g/mol. The Bertz CT molecular complexity index is 400. The lowest BCUT2D eigenvalue weighted by Gasteiger charge is -2.22. The number of hydrogen-bond donors (Lipinski definition) is 0. The van der Waals surface area contributed by atoms with E-state index in [4.69, 9.17) is 9.47 Å². The van der Waals surface area contributed by atoms with Gasteiger partial charge in [-0.15, -0.1) is 0 Å². The van der Waals surface area contributed by atoms with E-state index in [-0.39, 0.29) is 11.9 Å². The maximum Gasteiger partial charge on any atom is 0.513 e. The van der Waals surface area contributed by atoms with E-state index >= 15 is 0 Å². The van der Waals surface area contributed by atoms with Gasteiger partial charge in [0.1, 0.15) is 6.10 Å². The molecule has 1 atom stereocenters. The Kier molecular flexibility index (Phi) is 3.33. The molecule has 0 amide bonds. The smallest absolute Gasteiger partial charge is 0.491 e. The molecule has 0 aliphatic carbocycles. The molecule has 2 nitrogen and oxygen atoms in total. The number of ether oxygens (including phenoxy) is 2. The first-order chi connectivity index (χ1) is 7.97. The van der Waals surface area contributed by atoms with Gasteiger partial charge in [-0.2, -0.15) is 0 Å². The molecule has 1 fully saturated rings. The van der Waals surface area contributed by atoms with Gasteiger partial charge in [0.25, 0.3) is 0 Å². The lowest BCUT2D eigenvalue weighted by molar-refractivity contribution is 0.142. The molecule has 0 radical (unpaired) electrons. The maximum atomic E-state index is 12.9. The zero-order valence-corrected chi connectivity index (χ0v) is 9.46. The van der Waals surface area contributed by atoms with Crippen LogP contribution in [0.25, 0.3) is 0 Å². The van der Waals surface area contributed by atoms with E-state index in [1.807, 2.05) is 0 Å². The molecule has 1 aliphatic heterocycles. The minimum absolute atomic E-state index is 0.0846. The zero-order chi connectivity index (χ0) is 12.5. The van der Waals surface area contributed by atoms with Crippen molar-refractivity contribution in [2.45, 2.75) is 19.4 Å². The summed E-state index contributed by atoms with van der Waals surface area (Å²) in [4.78, 5) is 0. The average Bonchev–Trinajstić information content (AvgIpc) is 2.72. The van der Waals surface area contributed by atoms with Gasteiger partial charge in [-0.05, 0) is 13.0 Å². The van der Waals surface area contributed by atoms with Crippen LogP contribution in [0.5, 0.6) is 5.75 Å². The first kappa shape index (κ1) is 12.3. The zero-order valence-electron chi connectivity index (χ0n) is 9.46. The second kappa shape index (κ2) is 4.60. The third kappa shape index (κ3) is 2.94. The predicted molar refractivity (Wildman–Crippen MR) is 59.7 cm³/mol. The SMILES string of the molecule is Cc1ccc(OC2CCOC2)c([B-](F)(F)F)c1. The van der Waals surface area contributed by atoms with E-state index < -0.39 is 12.4 Å². The Morgan fingerprint density at radius 1 is 1.35 bits per heavy atom. The Labute approximate surface area is 97.8 Å². The molecule has 1 aliphatic rings. The molecule has 0 aromatic heterocycles. The highest BCUT2D eigenvalue weighted by molar-refractivity contribution is 6.74. The van der Waals surface area contributed by atoms with E-state index in [0.29, 0.717) is 25.2 Å². The van der Waals surface area contributed by atoms with Crippen LogP contribution in [0.4, 0.5) is 12.9 Å². The lowest BCUT2D eigenvalue weighted by atomic mass is 9.78. The van der Waals surface area contributed by atoms with Crippen molar-refractivity contribution in [2.24, 2.45) is 0 Å². The van der Waals surface area contributed by atoms with Crippen molar-refractivity contribution in [3.8, 4) is 5.75 Å². The molecule has 1 heterocycles. The highest BCUT2D eigenvalue weighted by Crippen LogP contribution is 2.21. The molecule has 0 saturated carbocycles. The normalized spacial score (nSPS) is 20.6. The van der Waals surface area contributed by atoms with Gasteiger partial charge in [-0.25, -0.2) is 0 Å². The lowest BCUT2D eigenvalue weighted by Crippen LogP contribution is -2.36. The summed E-state index contributed by atoms with van der Waals surface area (Å²) in [5.74, 6) is -0.0846. The standard InChI is InChI=1S/C11H13BF3O2/c1-8-2-3-11(10(6-8)12(13,14)15)17-9-4-5-16-7-9/h2-3,6,9H,4-5,7H2,1H3/q-1. The molecule has 94 valence electrons. The molecule has 1 aromatic carbocycles. The summed E-state index contributed by atoms with van der Waals surface area (Å²) in [6, 6.07) is 4.14. The second-order valence-electron chi connectivity index (χ2n) is 4.22. The number of rotatable bonds is 3. The van der Waals surface area contributed by atoms with E-state index in [1.54, 1.807) is 13.0 Å². The molecule has 0 N–H and O–H groups in total. The highest BCUT2D eigenvalue weighted by Gasteiger charge is 2.30. The van der Waals surface area contributed by atoms with Crippen molar-refractivity contribution in [3.63, 3.8) is 0 Å². The van der Waals surface area contributed by atoms with Crippen LogP contribution >= 0.6 is 0 Å². The second-order valence-corrected chi connectivity index (χ2v) is 4.22. The minimum Gasteiger partial charge on any atom is -0.491 e. The third-order valence-electron chi connectivity index (χ3n) is 2.70. The minimum atomic E-state index is -5.04. The predicted octanol–water partition coefficient (Wildman–Crippen LogP) is 2.22. The van der Waals surface area contributed by atoms with Gasteiger partial charge in [-0.1, -0.05) is 23.2 Å². The van der Waals surface area contributed by atoms with Gasteiger partial charge in [-0.3, -0.25) is 0 Å². The van der Waals surface area contributed by atoms with Gasteiger partial charge >= 0.3 is 6.98 Å². The van der Waals surface area contributed by atoms with Crippen LogP contribution in [0, 0.1) is 6.92 Å². The fraction of sp³-hybridized carbons (Fsp3) is 0.455. The summed E-state index contributed by atoms with van der Waals surface area (Å²) < 4.78 is 49.0. The Hall–Kier alpha value is -1.17. The molecule has 1 saturated heterocycles. The molecule has 1 aromatic rings. The third-order valence-corrected chi connectivity index (χ3v) is 2.70. The summed E-state index contributed by atoms with van der Waals surface area (Å²) in [5.41, 5.74) is -0.0777. The van der Waals surface area contributed by atoms with E-state index in [2.05, 4.69) is 0 Å². The fourth-order valence-corrected chi connectivity index (χ4v) is 1.82. The molecule has 0 bridgehead atoms. The molecule has 2 rings (SSSR count). The van der Waals surface area contributed by atoms with Gasteiger partial charge in [0.2, 0.25) is 0 Å². The van der Waals surface area contributed by atoms with Crippen LogP contribution in [0.1, 0.15) is 12.0 Å². The fourth-order valence-electron chi connectivity index (χ4n) is 1.82. The first-order valence-corrected chi connectivity index (χ1v) is 5.52. The van der Waals surface area contributed by atoms with Crippen LogP contribution < -0.4 is 10.2 Å². The topological polar surface area (TPSA) is 18.5 Å². The van der Waals surface area contributed by atoms with Crippen LogP contribution in [-0.4, -0.2) is 26.3 Å². The first-order valence-electron chi connectivity index (χ1n) is 5.52. The Morgan fingerprint density at radius 2 is 2.12 bits per heavy atom. The number of halogens is 3. The van der Waals surface area contributed by atoms with Gasteiger partial charge in [0.05, 0.1) is 19.0 Å².